The Kier molecular flexibility index (Phi) is 5.02. The van der Waals surface area contributed by atoms with Crippen LogP contribution in [0.15, 0.2) is 18.2 Å². The Labute approximate surface area is 92.2 Å². The average Bonchev–Trinajstić information content (AvgIpc) is 2.26. The van der Waals surface area contributed by atoms with Gasteiger partial charge in [-0.1, -0.05) is 19.8 Å². The summed E-state index contributed by atoms with van der Waals surface area (Å²) in [4.78, 5) is 0. The highest BCUT2D eigenvalue weighted by Crippen LogP contribution is 2.23. The minimum atomic E-state index is 0.807. The highest BCUT2D eigenvalue weighted by atomic mass is 16.5. The molecule has 84 valence electrons. The van der Waals surface area contributed by atoms with Gasteiger partial charge in [-0.15, -0.1) is 0 Å². The van der Waals surface area contributed by atoms with Crippen molar-refractivity contribution in [2.24, 2.45) is 0 Å². The number of rotatable bonds is 6. The fraction of sp³-hybridized carbons (Fsp3) is 0.538. The third kappa shape index (κ3) is 3.82. The van der Waals surface area contributed by atoms with Crippen LogP contribution in [0.2, 0.25) is 0 Å². The Morgan fingerprint density at radius 3 is 2.60 bits per heavy atom. The molecule has 1 rings (SSSR count). The molecule has 0 unspecified atom stereocenters. The maximum atomic E-state index is 5.68. The summed E-state index contributed by atoms with van der Waals surface area (Å²) in [5.41, 5.74) is 1.13. The number of methoxy groups -OCH3 is 1. The van der Waals surface area contributed by atoms with E-state index in [-0.39, 0.29) is 0 Å². The van der Waals surface area contributed by atoms with Crippen LogP contribution >= 0.6 is 0 Å². The van der Waals surface area contributed by atoms with Crippen LogP contribution in [0.25, 0.3) is 0 Å². The molecule has 2 heteroatoms. The topological polar surface area (TPSA) is 18.5 Å². The van der Waals surface area contributed by atoms with Crippen molar-refractivity contribution >= 4 is 0 Å². The molecule has 0 bridgehead atoms. The normalized spacial score (nSPS) is 10.1. The molecule has 0 saturated heterocycles. The second-order valence-electron chi connectivity index (χ2n) is 3.69. The van der Waals surface area contributed by atoms with Crippen LogP contribution in [0.4, 0.5) is 0 Å². The van der Waals surface area contributed by atoms with Crippen molar-refractivity contribution in [2.45, 2.75) is 33.1 Å². The SMILES string of the molecule is CCCCCOc1ccc(OC)cc1C. The first-order valence-electron chi connectivity index (χ1n) is 5.55. The van der Waals surface area contributed by atoms with Crippen molar-refractivity contribution in [2.75, 3.05) is 13.7 Å². The molecular formula is C13H20O2. The number of hydrogen-bond donors (Lipinski definition) is 0. The highest BCUT2D eigenvalue weighted by Gasteiger charge is 2.00. The Morgan fingerprint density at radius 2 is 2.00 bits per heavy atom. The van der Waals surface area contributed by atoms with Gasteiger partial charge in [0.25, 0.3) is 0 Å². The predicted octanol–water partition coefficient (Wildman–Crippen LogP) is 3.57. The summed E-state index contributed by atoms with van der Waals surface area (Å²) >= 11 is 0. The molecule has 0 aliphatic carbocycles. The molecule has 0 spiro atoms. The van der Waals surface area contributed by atoms with Gasteiger partial charge >= 0.3 is 0 Å². The molecule has 0 heterocycles. The second kappa shape index (κ2) is 6.33. The number of benzene rings is 1. The highest BCUT2D eigenvalue weighted by molar-refractivity contribution is 5.39. The summed E-state index contributed by atoms with van der Waals surface area (Å²) < 4.78 is 10.8. The molecule has 0 amide bonds. The van der Waals surface area contributed by atoms with Gasteiger partial charge in [0.2, 0.25) is 0 Å². The first-order valence-corrected chi connectivity index (χ1v) is 5.55. The van der Waals surface area contributed by atoms with Crippen molar-refractivity contribution in [1.29, 1.82) is 0 Å². The van der Waals surface area contributed by atoms with E-state index >= 15 is 0 Å². The summed E-state index contributed by atoms with van der Waals surface area (Å²) in [7, 11) is 1.68. The fourth-order valence-electron chi connectivity index (χ4n) is 1.44. The summed E-state index contributed by atoms with van der Waals surface area (Å²) in [5.74, 6) is 1.85. The molecule has 1 aromatic carbocycles. The van der Waals surface area contributed by atoms with E-state index < -0.39 is 0 Å². The summed E-state index contributed by atoms with van der Waals surface area (Å²) in [6.07, 6.45) is 3.59. The molecule has 0 aromatic heterocycles. The van der Waals surface area contributed by atoms with Gasteiger partial charge in [0, 0.05) is 0 Å². The lowest BCUT2D eigenvalue weighted by Crippen LogP contribution is -1.98. The van der Waals surface area contributed by atoms with Crippen LogP contribution in [0.3, 0.4) is 0 Å². The van der Waals surface area contributed by atoms with E-state index in [0.717, 1.165) is 30.1 Å². The first kappa shape index (κ1) is 11.9. The number of aryl methyl sites for hydroxylation is 1. The Balaban J connectivity index is 2.47. The quantitative estimate of drug-likeness (QED) is 0.665. The minimum absolute atomic E-state index is 0.807. The van der Waals surface area contributed by atoms with Crippen molar-refractivity contribution in [3.8, 4) is 11.5 Å². The lowest BCUT2D eigenvalue weighted by molar-refractivity contribution is 0.303. The third-order valence-corrected chi connectivity index (χ3v) is 2.39. The van der Waals surface area contributed by atoms with Crippen LogP contribution in [-0.2, 0) is 0 Å². The van der Waals surface area contributed by atoms with Crippen molar-refractivity contribution in [3.63, 3.8) is 0 Å². The zero-order valence-corrected chi connectivity index (χ0v) is 9.88. The van der Waals surface area contributed by atoms with E-state index in [1.54, 1.807) is 7.11 Å². The number of hydrogen-bond acceptors (Lipinski definition) is 2. The van der Waals surface area contributed by atoms with E-state index in [0.29, 0.717) is 0 Å². The maximum Gasteiger partial charge on any atom is 0.122 e. The van der Waals surface area contributed by atoms with Gasteiger partial charge in [0.1, 0.15) is 11.5 Å². The maximum absolute atomic E-state index is 5.68. The molecule has 0 radical (unpaired) electrons. The lowest BCUT2D eigenvalue weighted by Gasteiger charge is -2.09. The molecular weight excluding hydrogens is 188 g/mol. The van der Waals surface area contributed by atoms with E-state index in [2.05, 4.69) is 6.92 Å². The van der Waals surface area contributed by atoms with Gasteiger partial charge in [-0.05, 0) is 37.1 Å². The van der Waals surface area contributed by atoms with E-state index in [1.165, 1.54) is 12.8 Å². The Bertz CT molecular complexity index is 295. The fourth-order valence-corrected chi connectivity index (χ4v) is 1.44. The number of ether oxygens (including phenoxy) is 2. The molecule has 2 nitrogen and oxygen atoms in total. The zero-order chi connectivity index (χ0) is 11.1. The first-order chi connectivity index (χ1) is 7.27. The van der Waals surface area contributed by atoms with Crippen molar-refractivity contribution < 1.29 is 9.47 Å². The predicted molar refractivity (Wildman–Crippen MR) is 62.8 cm³/mol. The average molecular weight is 208 g/mol. The molecule has 1 aromatic rings. The molecule has 0 atom stereocenters. The zero-order valence-electron chi connectivity index (χ0n) is 9.88. The number of unbranched alkanes of at least 4 members (excludes halogenated alkanes) is 2. The van der Waals surface area contributed by atoms with Crippen LogP contribution in [0.1, 0.15) is 31.7 Å². The molecule has 0 aliphatic heterocycles. The monoisotopic (exact) mass is 208 g/mol. The van der Waals surface area contributed by atoms with Crippen LogP contribution in [0.5, 0.6) is 11.5 Å². The van der Waals surface area contributed by atoms with Gasteiger partial charge in [-0.3, -0.25) is 0 Å². The van der Waals surface area contributed by atoms with Gasteiger partial charge in [0.15, 0.2) is 0 Å². The van der Waals surface area contributed by atoms with Gasteiger partial charge < -0.3 is 9.47 Å². The molecule has 0 saturated carbocycles. The summed E-state index contributed by atoms with van der Waals surface area (Å²) in [6.45, 7) is 5.04. The molecule has 15 heavy (non-hydrogen) atoms. The Hall–Kier alpha value is -1.18. The Morgan fingerprint density at radius 1 is 1.20 bits per heavy atom. The third-order valence-electron chi connectivity index (χ3n) is 2.39. The van der Waals surface area contributed by atoms with Crippen molar-refractivity contribution in [3.05, 3.63) is 23.8 Å². The summed E-state index contributed by atoms with van der Waals surface area (Å²) in [6, 6.07) is 5.90. The van der Waals surface area contributed by atoms with Crippen LogP contribution in [-0.4, -0.2) is 13.7 Å². The molecule has 0 N–H and O–H groups in total. The molecule has 0 fully saturated rings. The summed E-state index contributed by atoms with van der Waals surface area (Å²) in [5, 5.41) is 0. The minimum Gasteiger partial charge on any atom is -0.497 e. The van der Waals surface area contributed by atoms with Crippen molar-refractivity contribution in [1.82, 2.24) is 0 Å². The standard InChI is InChI=1S/C13H20O2/c1-4-5-6-9-15-13-8-7-12(14-3)10-11(13)2/h7-8,10H,4-6,9H2,1-3H3. The van der Waals surface area contributed by atoms with E-state index in [9.17, 15) is 0 Å². The molecule has 0 aliphatic rings. The van der Waals surface area contributed by atoms with Crippen LogP contribution < -0.4 is 9.47 Å². The second-order valence-corrected chi connectivity index (χ2v) is 3.69. The van der Waals surface area contributed by atoms with Gasteiger partial charge in [-0.25, -0.2) is 0 Å². The van der Waals surface area contributed by atoms with Gasteiger partial charge in [-0.2, -0.15) is 0 Å². The van der Waals surface area contributed by atoms with Crippen LogP contribution in [0, 0.1) is 6.92 Å². The lowest BCUT2D eigenvalue weighted by atomic mass is 10.2. The van der Waals surface area contributed by atoms with Gasteiger partial charge in [0.05, 0.1) is 13.7 Å². The van der Waals surface area contributed by atoms with E-state index in [4.69, 9.17) is 9.47 Å². The van der Waals surface area contributed by atoms with E-state index in [1.807, 2.05) is 25.1 Å². The smallest absolute Gasteiger partial charge is 0.122 e. The largest absolute Gasteiger partial charge is 0.497 e.